The number of piperazine rings is 1. The van der Waals surface area contributed by atoms with E-state index in [2.05, 4.69) is 4.90 Å². The summed E-state index contributed by atoms with van der Waals surface area (Å²) < 4.78 is 0. The van der Waals surface area contributed by atoms with E-state index in [-0.39, 0.29) is 18.6 Å². The maximum atomic E-state index is 12.6. The first kappa shape index (κ1) is 16.0. The second-order valence-corrected chi connectivity index (χ2v) is 6.17. The van der Waals surface area contributed by atoms with Crippen LogP contribution in [-0.4, -0.2) is 41.7 Å². The maximum Gasteiger partial charge on any atom is 0.241 e. The number of rotatable bonds is 4. The number of nitrogens with zero attached hydrogens (tertiary/aromatic N) is 2. The summed E-state index contributed by atoms with van der Waals surface area (Å²) in [6, 6.07) is 16.9. The first-order valence-electron chi connectivity index (χ1n) is 7.62. The zero-order chi connectivity index (χ0) is 16.2. The first-order valence-corrected chi connectivity index (χ1v) is 8.00. The Balaban J connectivity index is 1.76. The van der Waals surface area contributed by atoms with Crippen LogP contribution in [0, 0.1) is 0 Å². The van der Waals surface area contributed by atoms with E-state index in [9.17, 15) is 9.90 Å². The predicted molar refractivity (Wildman–Crippen MR) is 91.5 cm³/mol. The van der Waals surface area contributed by atoms with Gasteiger partial charge >= 0.3 is 0 Å². The highest BCUT2D eigenvalue weighted by Gasteiger charge is 2.33. The second kappa shape index (κ2) is 7.13. The SMILES string of the molecule is O=C1CN(Cc2ccccc2)C[C@H](CO)N1c1ccc(Cl)cc1. The van der Waals surface area contributed by atoms with Crippen molar-refractivity contribution in [2.75, 3.05) is 24.6 Å². The van der Waals surface area contributed by atoms with Crippen molar-refractivity contribution < 1.29 is 9.90 Å². The van der Waals surface area contributed by atoms with Gasteiger partial charge in [0.1, 0.15) is 0 Å². The average Bonchev–Trinajstić information content (AvgIpc) is 2.56. The molecule has 4 nitrogen and oxygen atoms in total. The van der Waals surface area contributed by atoms with Crippen LogP contribution in [-0.2, 0) is 11.3 Å². The zero-order valence-corrected chi connectivity index (χ0v) is 13.5. The Labute approximate surface area is 140 Å². The molecule has 0 unspecified atom stereocenters. The molecule has 120 valence electrons. The highest BCUT2D eigenvalue weighted by Crippen LogP contribution is 2.24. The number of aliphatic hydroxyl groups is 1. The Morgan fingerprint density at radius 3 is 2.43 bits per heavy atom. The highest BCUT2D eigenvalue weighted by molar-refractivity contribution is 6.30. The Hall–Kier alpha value is -1.88. The second-order valence-electron chi connectivity index (χ2n) is 5.73. The Kier molecular flexibility index (Phi) is 4.96. The molecule has 2 aromatic carbocycles. The number of hydrogen-bond acceptors (Lipinski definition) is 3. The number of carbonyl (C=O) groups excluding carboxylic acids is 1. The van der Waals surface area contributed by atoms with E-state index in [0.29, 0.717) is 24.7 Å². The van der Waals surface area contributed by atoms with Crippen molar-refractivity contribution in [1.82, 2.24) is 4.90 Å². The molecule has 1 atom stereocenters. The molecular weight excluding hydrogens is 312 g/mol. The van der Waals surface area contributed by atoms with E-state index in [1.165, 1.54) is 0 Å². The molecule has 1 saturated heterocycles. The van der Waals surface area contributed by atoms with Crippen LogP contribution < -0.4 is 4.90 Å². The molecular formula is C18H19ClN2O2. The van der Waals surface area contributed by atoms with Crippen molar-refractivity contribution in [2.24, 2.45) is 0 Å². The van der Waals surface area contributed by atoms with Gasteiger partial charge in [0.2, 0.25) is 5.91 Å². The van der Waals surface area contributed by atoms with Crippen molar-refractivity contribution in [1.29, 1.82) is 0 Å². The molecule has 2 aromatic rings. The van der Waals surface area contributed by atoms with E-state index < -0.39 is 0 Å². The topological polar surface area (TPSA) is 43.8 Å². The Bertz CT molecular complexity index is 660. The number of aliphatic hydroxyl groups excluding tert-OH is 1. The molecule has 23 heavy (non-hydrogen) atoms. The first-order chi connectivity index (χ1) is 11.2. The average molecular weight is 331 g/mol. The van der Waals surface area contributed by atoms with E-state index in [0.717, 1.165) is 11.3 Å². The van der Waals surface area contributed by atoms with Crippen molar-refractivity contribution in [3.05, 3.63) is 65.2 Å². The number of anilines is 1. The van der Waals surface area contributed by atoms with E-state index in [1.54, 1.807) is 17.0 Å². The number of hydrogen-bond donors (Lipinski definition) is 1. The summed E-state index contributed by atoms with van der Waals surface area (Å²) in [5, 5.41) is 10.4. The molecule has 0 aliphatic carbocycles. The maximum absolute atomic E-state index is 12.6. The number of amides is 1. The molecule has 1 heterocycles. The van der Waals surface area contributed by atoms with E-state index in [4.69, 9.17) is 11.6 Å². The lowest BCUT2D eigenvalue weighted by Crippen LogP contribution is -2.57. The lowest BCUT2D eigenvalue weighted by Gasteiger charge is -2.40. The third-order valence-electron chi connectivity index (χ3n) is 4.03. The van der Waals surface area contributed by atoms with Crippen LogP contribution >= 0.6 is 11.6 Å². The predicted octanol–water partition coefficient (Wildman–Crippen LogP) is 2.55. The third-order valence-corrected chi connectivity index (χ3v) is 4.28. The molecule has 5 heteroatoms. The lowest BCUT2D eigenvalue weighted by atomic mass is 10.1. The van der Waals surface area contributed by atoms with Gasteiger partial charge in [-0.05, 0) is 29.8 Å². The van der Waals surface area contributed by atoms with Crippen LogP contribution in [0.3, 0.4) is 0 Å². The summed E-state index contributed by atoms with van der Waals surface area (Å²) >= 11 is 5.91. The fraction of sp³-hybridized carbons (Fsp3) is 0.278. The molecule has 1 aliphatic rings. The van der Waals surface area contributed by atoms with Gasteiger partial charge in [-0.1, -0.05) is 41.9 Å². The molecule has 1 N–H and O–H groups in total. The molecule has 3 rings (SSSR count). The largest absolute Gasteiger partial charge is 0.394 e. The van der Waals surface area contributed by atoms with Gasteiger partial charge in [0, 0.05) is 23.8 Å². The van der Waals surface area contributed by atoms with Gasteiger partial charge in [-0.2, -0.15) is 0 Å². The van der Waals surface area contributed by atoms with Gasteiger partial charge in [0.05, 0.1) is 19.2 Å². The van der Waals surface area contributed by atoms with Gasteiger partial charge in [0.15, 0.2) is 0 Å². The minimum absolute atomic E-state index is 0.00597. The fourth-order valence-corrected chi connectivity index (χ4v) is 3.10. The molecule has 0 bridgehead atoms. The molecule has 0 spiro atoms. The fourth-order valence-electron chi connectivity index (χ4n) is 2.97. The number of carbonyl (C=O) groups is 1. The summed E-state index contributed by atoms with van der Waals surface area (Å²) in [5.41, 5.74) is 1.94. The number of benzene rings is 2. The molecule has 1 fully saturated rings. The summed E-state index contributed by atoms with van der Waals surface area (Å²) in [7, 11) is 0. The van der Waals surface area contributed by atoms with Crippen molar-refractivity contribution >= 4 is 23.2 Å². The third kappa shape index (κ3) is 3.72. The normalized spacial score (nSPS) is 19.1. The lowest BCUT2D eigenvalue weighted by molar-refractivity contribution is -0.122. The van der Waals surface area contributed by atoms with Crippen molar-refractivity contribution in [3.8, 4) is 0 Å². The molecule has 0 aromatic heterocycles. The smallest absolute Gasteiger partial charge is 0.241 e. The minimum atomic E-state index is -0.249. The van der Waals surface area contributed by atoms with Crippen LogP contribution in [0.1, 0.15) is 5.56 Å². The van der Waals surface area contributed by atoms with Crippen LogP contribution in [0.5, 0.6) is 0 Å². The van der Waals surface area contributed by atoms with Gasteiger partial charge in [-0.25, -0.2) is 0 Å². The standard InChI is InChI=1S/C18H19ClN2O2/c19-15-6-8-16(9-7-15)21-17(13-22)11-20(12-18(21)23)10-14-4-2-1-3-5-14/h1-9,17,22H,10-13H2/t17-/m1/s1. The van der Waals surface area contributed by atoms with Crippen LogP contribution in [0.25, 0.3) is 0 Å². The van der Waals surface area contributed by atoms with E-state index >= 15 is 0 Å². The van der Waals surface area contributed by atoms with E-state index in [1.807, 2.05) is 42.5 Å². The summed E-state index contributed by atoms with van der Waals surface area (Å²) in [4.78, 5) is 16.3. The Morgan fingerprint density at radius 1 is 1.09 bits per heavy atom. The molecule has 1 aliphatic heterocycles. The van der Waals surface area contributed by atoms with Gasteiger partial charge in [0.25, 0.3) is 0 Å². The summed E-state index contributed by atoms with van der Waals surface area (Å²) in [6.45, 7) is 1.62. The van der Waals surface area contributed by atoms with Gasteiger partial charge in [-0.15, -0.1) is 0 Å². The van der Waals surface area contributed by atoms with Crippen LogP contribution in [0.4, 0.5) is 5.69 Å². The van der Waals surface area contributed by atoms with Gasteiger partial charge in [-0.3, -0.25) is 9.69 Å². The Morgan fingerprint density at radius 2 is 1.78 bits per heavy atom. The van der Waals surface area contributed by atoms with Crippen molar-refractivity contribution in [3.63, 3.8) is 0 Å². The zero-order valence-electron chi connectivity index (χ0n) is 12.7. The quantitative estimate of drug-likeness (QED) is 0.937. The molecule has 0 saturated carbocycles. The molecule has 0 radical (unpaired) electrons. The van der Waals surface area contributed by atoms with Crippen LogP contribution in [0.15, 0.2) is 54.6 Å². The van der Waals surface area contributed by atoms with Crippen LogP contribution in [0.2, 0.25) is 5.02 Å². The van der Waals surface area contributed by atoms with Gasteiger partial charge < -0.3 is 10.0 Å². The molecule has 1 amide bonds. The number of halogens is 1. The van der Waals surface area contributed by atoms with Crippen molar-refractivity contribution in [2.45, 2.75) is 12.6 Å². The summed E-state index contributed by atoms with van der Waals surface area (Å²) in [5.74, 6) is -0.00597. The monoisotopic (exact) mass is 330 g/mol. The highest BCUT2D eigenvalue weighted by atomic mass is 35.5. The summed E-state index contributed by atoms with van der Waals surface area (Å²) in [6.07, 6.45) is 0. The minimum Gasteiger partial charge on any atom is -0.394 e.